The predicted octanol–water partition coefficient (Wildman–Crippen LogP) is 7.42. The van der Waals surface area contributed by atoms with Crippen molar-refractivity contribution in [3.8, 4) is 11.1 Å². The monoisotopic (exact) mass is 742 g/mol. The average molecular weight is 744 g/mol. The fourth-order valence-corrected chi connectivity index (χ4v) is 6.65. The van der Waals surface area contributed by atoms with Gasteiger partial charge >= 0.3 is 12.0 Å². The fraction of sp³-hybridized carbons (Fsp3) is 0.275. The van der Waals surface area contributed by atoms with Gasteiger partial charge < -0.3 is 34.5 Å². The number of nitrogens with one attached hydrogen (secondary N) is 2. The van der Waals surface area contributed by atoms with E-state index in [1.54, 1.807) is 10.9 Å². The van der Waals surface area contributed by atoms with Crippen molar-refractivity contribution in [3.63, 3.8) is 0 Å². The highest BCUT2D eigenvalue weighted by Gasteiger charge is 2.39. The Kier molecular flexibility index (Phi) is 12.3. The molecule has 0 bridgehead atoms. The number of halogens is 2. The van der Waals surface area contributed by atoms with Crippen LogP contribution >= 0.6 is 23.2 Å². The Labute approximate surface area is 312 Å². The molecule has 1 aliphatic heterocycles. The maximum absolute atomic E-state index is 13.0. The Morgan fingerprint density at radius 3 is 2.27 bits per heavy atom. The second-order valence-electron chi connectivity index (χ2n) is 12.7. The smallest absolute Gasteiger partial charge is 0.328 e. The summed E-state index contributed by atoms with van der Waals surface area (Å²) in [5.74, 6) is -0.586. The molecule has 1 aromatic heterocycles. The molecule has 1 aliphatic rings. The number of esters is 1. The number of amides is 2. The van der Waals surface area contributed by atoms with Crippen LogP contribution in [0, 0.1) is 5.92 Å². The van der Waals surface area contributed by atoms with Gasteiger partial charge in [0, 0.05) is 24.4 Å². The molecular weight excluding hydrogens is 703 g/mol. The lowest BCUT2D eigenvalue weighted by Gasteiger charge is -2.41. The number of nitrogens with zero attached hydrogens (tertiary/aromatic N) is 2. The van der Waals surface area contributed by atoms with E-state index >= 15 is 0 Å². The molecule has 0 spiro atoms. The van der Waals surface area contributed by atoms with Crippen molar-refractivity contribution in [2.75, 3.05) is 7.11 Å². The highest BCUT2D eigenvalue weighted by atomic mass is 35.5. The number of aliphatic hydroxyl groups excluding tert-OH is 1. The lowest BCUT2D eigenvalue weighted by Crippen LogP contribution is -2.47. The van der Waals surface area contributed by atoms with Crippen LogP contribution in [0.5, 0.6) is 0 Å². The van der Waals surface area contributed by atoms with Crippen molar-refractivity contribution in [2.24, 2.45) is 5.92 Å². The number of carbonyl (C=O) groups excluding carboxylic acids is 2. The zero-order valence-corrected chi connectivity index (χ0v) is 30.3. The molecule has 1 fully saturated rings. The normalized spacial score (nSPS) is 19.1. The van der Waals surface area contributed by atoms with E-state index in [4.69, 9.17) is 37.4 Å². The lowest BCUT2D eigenvalue weighted by molar-refractivity contribution is -0.276. The minimum Gasteiger partial charge on any atom is -0.467 e. The molecule has 0 saturated carbocycles. The number of hydrogen-bond acceptors (Lipinski definition) is 7. The number of imidazole rings is 1. The minimum atomic E-state index is -0.837. The maximum Gasteiger partial charge on any atom is 0.328 e. The van der Waals surface area contributed by atoms with Gasteiger partial charge in [0.1, 0.15) is 11.2 Å². The van der Waals surface area contributed by atoms with Crippen molar-refractivity contribution in [1.82, 2.24) is 20.2 Å². The van der Waals surface area contributed by atoms with Crippen LogP contribution in [-0.4, -0.2) is 45.9 Å². The molecule has 2 heterocycles. The zero-order chi connectivity index (χ0) is 36.6. The first-order chi connectivity index (χ1) is 25.2. The van der Waals surface area contributed by atoms with E-state index in [2.05, 4.69) is 22.5 Å². The third kappa shape index (κ3) is 8.83. The molecule has 5 aromatic rings. The van der Waals surface area contributed by atoms with Crippen molar-refractivity contribution in [1.29, 1.82) is 0 Å². The number of rotatable bonds is 12. The predicted molar refractivity (Wildman–Crippen MR) is 198 cm³/mol. The largest absolute Gasteiger partial charge is 0.467 e. The number of benzene rings is 4. The summed E-state index contributed by atoms with van der Waals surface area (Å²) >= 11 is 12.6. The molecule has 0 aliphatic carbocycles. The topological polar surface area (TPSA) is 124 Å². The molecule has 0 unspecified atom stereocenters. The fourth-order valence-electron chi connectivity index (χ4n) is 6.34. The van der Waals surface area contributed by atoms with E-state index in [1.165, 1.54) is 7.11 Å². The Morgan fingerprint density at radius 1 is 0.904 bits per heavy atom. The van der Waals surface area contributed by atoms with Crippen molar-refractivity contribution in [2.45, 2.75) is 57.6 Å². The Morgan fingerprint density at radius 2 is 1.60 bits per heavy atom. The quantitative estimate of drug-likeness (QED) is 0.114. The summed E-state index contributed by atoms with van der Waals surface area (Å²) in [7, 11) is 1.30. The SMILES string of the molecule is COC(=O)[C@H](Cc1ccccc1)NC(=O)NCc1ccccc1-c1ccc([C@H]2O[C@@H](Cn3cnc(Cl)c3Cl)[C@@H](C)[C@@H](c3ccc(CO)cc3)O2)cc1. The van der Waals surface area contributed by atoms with Gasteiger partial charge in [-0.3, -0.25) is 0 Å². The Balaban J connectivity index is 1.17. The number of carbonyl (C=O) groups is 2. The lowest BCUT2D eigenvalue weighted by atomic mass is 9.90. The van der Waals surface area contributed by atoms with Gasteiger partial charge in [0.05, 0.1) is 38.8 Å². The van der Waals surface area contributed by atoms with Crippen molar-refractivity contribution >= 4 is 35.2 Å². The first kappa shape index (κ1) is 37.1. The molecule has 52 heavy (non-hydrogen) atoms. The first-order valence-corrected chi connectivity index (χ1v) is 17.7. The second-order valence-corrected chi connectivity index (χ2v) is 13.4. The second kappa shape index (κ2) is 17.2. The van der Waals surface area contributed by atoms with E-state index in [1.807, 2.05) is 103 Å². The average Bonchev–Trinajstić information content (AvgIpc) is 3.50. The van der Waals surface area contributed by atoms with Crippen molar-refractivity contribution in [3.05, 3.63) is 148 Å². The molecule has 10 nitrogen and oxygen atoms in total. The molecule has 12 heteroatoms. The summed E-state index contributed by atoms with van der Waals surface area (Å²) in [6, 6.07) is 31.6. The molecule has 1 saturated heterocycles. The number of urea groups is 1. The molecule has 6 rings (SSSR count). The molecule has 270 valence electrons. The number of ether oxygens (including phenoxy) is 3. The van der Waals surface area contributed by atoms with E-state index in [0.29, 0.717) is 18.1 Å². The molecule has 3 N–H and O–H groups in total. The van der Waals surface area contributed by atoms with Gasteiger partial charge in [-0.1, -0.05) is 133 Å². The number of aliphatic hydroxyl groups is 1. The van der Waals surface area contributed by atoms with Gasteiger partial charge in [-0.15, -0.1) is 0 Å². The summed E-state index contributed by atoms with van der Waals surface area (Å²) < 4.78 is 19.9. The molecule has 2 amide bonds. The van der Waals surface area contributed by atoms with Gasteiger partial charge in [0.2, 0.25) is 0 Å². The molecule has 5 atom stereocenters. The zero-order valence-electron chi connectivity index (χ0n) is 28.7. The van der Waals surface area contributed by atoms with E-state index < -0.39 is 24.3 Å². The minimum absolute atomic E-state index is 0.0427. The molecular formula is C40H40Cl2N4O6. The van der Waals surface area contributed by atoms with E-state index in [-0.39, 0.29) is 36.4 Å². The third-order valence-electron chi connectivity index (χ3n) is 9.26. The van der Waals surface area contributed by atoms with E-state index in [0.717, 1.165) is 38.9 Å². The van der Waals surface area contributed by atoms with Gasteiger partial charge in [-0.25, -0.2) is 14.6 Å². The summed E-state index contributed by atoms with van der Waals surface area (Å²) in [6.07, 6.45) is 0.616. The van der Waals surface area contributed by atoms with Crippen LogP contribution in [0.3, 0.4) is 0 Å². The van der Waals surface area contributed by atoms with Crippen LogP contribution in [0.25, 0.3) is 11.1 Å². The van der Waals surface area contributed by atoms with Crippen LogP contribution in [0.1, 0.15) is 47.1 Å². The van der Waals surface area contributed by atoms with Crippen LogP contribution in [0.4, 0.5) is 4.79 Å². The van der Waals surface area contributed by atoms with Crippen LogP contribution in [-0.2, 0) is 45.1 Å². The maximum atomic E-state index is 13.0. The first-order valence-electron chi connectivity index (χ1n) is 16.9. The summed E-state index contributed by atoms with van der Waals surface area (Å²) in [6.45, 7) is 2.68. The van der Waals surface area contributed by atoms with Crippen LogP contribution < -0.4 is 10.6 Å². The van der Waals surface area contributed by atoms with Crippen LogP contribution in [0.15, 0.2) is 109 Å². The summed E-state index contributed by atoms with van der Waals surface area (Å²) in [5.41, 5.74) is 6.29. The van der Waals surface area contributed by atoms with Gasteiger partial charge in [0.25, 0.3) is 0 Å². The highest BCUT2D eigenvalue weighted by molar-refractivity contribution is 6.40. The Bertz CT molecular complexity index is 1960. The highest BCUT2D eigenvalue weighted by Crippen LogP contribution is 2.43. The molecule has 4 aromatic carbocycles. The van der Waals surface area contributed by atoms with Gasteiger partial charge in [-0.05, 0) is 33.4 Å². The molecule has 0 radical (unpaired) electrons. The number of hydrogen-bond donors (Lipinski definition) is 3. The summed E-state index contributed by atoms with van der Waals surface area (Å²) in [5, 5.41) is 15.8. The number of aromatic nitrogens is 2. The number of methoxy groups -OCH3 is 1. The summed E-state index contributed by atoms with van der Waals surface area (Å²) in [4.78, 5) is 29.5. The van der Waals surface area contributed by atoms with Crippen molar-refractivity contribution < 1.29 is 28.9 Å². The van der Waals surface area contributed by atoms with Gasteiger partial charge in [0.15, 0.2) is 11.4 Å². The third-order valence-corrected chi connectivity index (χ3v) is 10.0. The van der Waals surface area contributed by atoms with Crippen LogP contribution in [0.2, 0.25) is 10.3 Å². The Hall–Kier alpha value is -4.71. The van der Waals surface area contributed by atoms with Gasteiger partial charge in [-0.2, -0.15) is 0 Å². The van der Waals surface area contributed by atoms with E-state index in [9.17, 15) is 14.7 Å². The standard InChI is InChI=1S/C40H40Cl2N4O6/c1-25-34(22-46-24-44-36(41)37(46)42)51-39(52-35(25)29-14-12-27(23-47)13-15-29)30-18-16-28(17-19-30)32-11-7-6-10-31(32)21-43-40(49)45-33(38(48)50-2)20-26-8-4-3-5-9-26/h3-19,24-25,33-35,39,47H,20-23H2,1-2H3,(H2,43,45,49)/t25-,33+,34+,35+,39+/m1/s1.